The van der Waals surface area contributed by atoms with Crippen molar-refractivity contribution in [3.05, 3.63) is 0 Å². The van der Waals surface area contributed by atoms with E-state index < -0.39 is 0 Å². The van der Waals surface area contributed by atoms with E-state index in [0.29, 0.717) is 5.92 Å². The first-order valence-electron chi connectivity index (χ1n) is 5.11. The smallest absolute Gasteiger partial charge is 0.319 e. The molecular weight excluding hydrogens is 178 g/mol. The summed E-state index contributed by atoms with van der Waals surface area (Å²) in [5, 5.41) is 0. The minimum Gasteiger partial charge on any atom is -0.331 e. The zero-order valence-electron chi connectivity index (χ0n) is 9.66. The molecule has 1 aliphatic rings. The van der Waals surface area contributed by atoms with Crippen molar-refractivity contribution in [2.24, 2.45) is 5.92 Å². The lowest BCUT2D eigenvalue weighted by atomic mass is 10.1. The molecule has 4 heteroatoms. The van der Waals surface area contributed by atoms with Crippen LogP contribution in [0.2, 0.25) is 0 Å². The summed E-state index contributed by atoms with van der Waals surface area (Å²) in [6.45, 7) is 3.15. The fourth-order valence-corrected chi connectivity index (χ4v) is 1.98. The van der Waals surface area contributed by atoms with Gasteiger partial charge < -0.3 is 14.7 Å². The van der Waals surface area contributed by atoms with Crippen LogP contribution in [-0.2, 0) is 0 Å². The number of amides is 2. The average molecular weight is 199 g/mol. The second kappa shape index (κ2) is 4.64. The van der Waals surface area contributed by atoms with Crippen molar-refractivity contribution in [2.45, 2.75) is 6.42 Å². The number of carbonyl (C=O) groups excluding carboxylic acids is 1. The molecule has 1 heterocycles. The Balaban J connectivity index is 2.33. The molecule has 0 aliphatic carbocycles. The number of hydrogen-bond donors (Lipinski definition) is 0. The Bertz CT molecular complexity index is 206. The molecule has 2 amide bonds. The molecule has 1 saturated heterocycles. The maximum absolute atomic E-state index is 11.6. The van der Waals surface area contributed by atoms with Gasteiger partial charge in [0.15, 0.2) is 0 Å². The van der Waals surface area contributed by atoms with Gasteiger partial charge in [0.2, 0.25) is 0 Å². The van der Waals surface area contributed by atoms with Crippen LogP contribution in [0.1, 0.15) is 6.42 Å². The van der Waals surface area contributed by atoms with Crippen LogP contribution in [-0.4, -0.2) is 68.6 Å². The Morgan fingerprint density at radius 2 is 2.07 bits per heavy atom. The van der Waals surface area contributed by atoms with Gasteiger partial charge in [-0.05, 0) is 25.9 Å². The molecule has 0 N–H and O–H groups in total. The van der Waals surface area contributed by atoms with Gasteiger partial charge in [0.05, 0.1) is 0 Å². The molecule has 0 saturated carbocycles. The molecule has 1 unspecified atom stereocenters. The van der Waals surface area contributed by atoms with Crippen molar-refractivity contribution in [1.29, 1.82) is 0 Å². The predicted octanol–water partition coefficient (Wildman–Crippen LogP) is 0.552. The average Bonchev–Trinajstić information content (AvgIpc) is 2.49. The van der Waals surface area contributed by atoms with Crippen molar-refractivity contribution < 1.29 is 4.79 Å². The normalized spacial score (nSPS) is 22.4. The second-order valence-corrected chi connectivity index (χ2v) is 4.47. The summed E-state index contributed by atoms with van der Waals surface area (Å²) in [4.78, 5) is 17.3. The van der Waals surface area contributed by atoms with Gasteiger partial charge in [0.1, 0.15) is 0 Å². The van der Waals surface area contributed by atoms with E-state index in [1.54, 1.807) is 19.0 Å². The zero-order valence-corrected chi connectivity index (χ0v) is 9.66. The molecular formula is C10H21N3O. The Labute approximate surface area is 86.5 Å². The molecule has 0 spiro atoms. The lowest BCUT2D eigenvalue weighted by Gasteiger charge is -2.24. The van der Waals surface area contributed by atoms with E-state index in [9.17, 15) is 4.79 Å². The van der Waals surface area contributed by atoms with Crippen LogP contribution in [0.4, 0.5) is 4.79 Å². The highest BCUT2D eigenvalue weighted by Crippen LogP contribution is 2.15. The van der Waals surface area contributed by atoms with Crippen LogP contribution in [0.5, 0.6) is 0 Å². The summed E-state index contributed by atoms with van der Waals surface area (Å²) >= 11 is 0. The second-order valence-electron chi connectivity index (χ2n) is 4.47. The first-order chi connectivity index (χ1) is 6.50. The highest BCUT2D eigenvalue weighted by atomic mass is 16.2. The quantitative estimate of drug-likeness (QED) is 0.649. The molecule has 1 rings (SSSR count). The van der Waals surface area contributed by atoms with Gasteiger partial charge >= 0.3 is 6.03 Å². The number of urea groups is 1. The van der Waals surface area contributed by atoms with Crippen LogP contribution in [0.25, 0.3) is 0 Å². The van der Waals surface area contributed by atoms with Crippen molar-refractivity contribution in [2.75, 3.05) is 47.8 Å². The van der Waals surface area contributed by atoms with Gasteiger partial charge in [-0.15, -0.1) is 0 Å². The number of rotatable bonds is 2. The minimum absolute atomic E-state index is 0.0968. The van der Waals surface area contributed by atoms with E-state index in [0.717, 1.165) is 19.6 Å². The van der Waals surface area contributed by atoms with E-state index in [4.69, 9.17) is 0 Å². The van der Waals surface area contributed by atoms with Gasteiger partial charge in [0, 0.05) is 34.2 Å². The van der Waals surface area contributed by atoms with Crippen molar-refractivity contribution in [1.82, 2.24) is 14.7 Å². The highest BCUT2D eigenvalue weighted by molar-refractivity contribution is 5.73. The first kappa shape index (κ1) is 11.3. The monoisotopic (exact) mass is 199 g/mol. The van der Waals surface area contributed by atoms with Crippen LogP contribution >= 0.6 is 0 Å². The summed E-state index contributed by atoms with van der Waals surface area (Å²) < 4.78 is 0. The third-order valence-corrected chi connectivity index (χ3v) is 2.73. The topological polar surface area (TPSA) is 26.8 Å². The summed E-state index contributed by atoms with van der Waals surface area (Å²) in [5.74, 6) is 0.647. The van der Waals surface area contributed by atoms with Gasteiger partial charge in [-0.2, -0.15) is 0 Å². The maximum Gasteiger partial charge on any atom is 0.319 e. The zero-order chi connectivity index (χ0) is 10.7. The molecule has 0 radical (unpaired) electrons. The minimum atomic E-state index is 0.0968. The van der Waals surface area contributed by atoms with Crippen molar-refractivity contribution >= 4 is 6.03 Å². The Morgan fingerprint density at radius 3 is 2.50 bits per heavy atom. The third-order valence-electron chi connectivity index (χ3n) is 2.73. The molecule has 1 fully saturated rings. The van der Waals surface area contributed by atoms with Crippen LogP contribution in [0, 0.1) is 5.92 Å². The Morgan fingerprint density at radius 1 is 1.43 bits per heavy atom. The van der Waals surface area contributed by atoms with E-state index in [1.807, 2.05) is 11.9 Å². The first-order valence-corrected chi connectivity index (χ1v) is 5.11. The molecule has 1 aliphatic heterocycles. The molecule has 0 aromatic heterocycles. The van der Waals surface area contributed by atoms with Gasteiger partial charge in [-0.1, -0.05) is 0 Å². The number of likely N-dealkylation sites (tertiary alicyclic amines) is 1. The van der Waals surface area contributed by atoms with E-state index >= 15 is 0 Å². The van der Waals surface area contributed by atoms with Crippen LogP contribution in [0.3, 0.4) is 0 Å². The number of nitrogens with zero attached hydrogens (tertiary/aromatic N) is 3. The Hall–Kier alpha value is -0.770. The number of hydrogen-bond acceptors (Lipinski definition) is 2. The fraction of sp³-hybridized carbons (Fsp3) is 0.900. The van der Waals surface area contributed by atoms with Gasteiger partial charge in [0.25, 0.3) is 0 Å². The molecule has 14 heavy (non-hydrogen) atoms. The number of carbonyl (C=O) groups is 1. The van der Waals surface area contributed by atoms with E-state index in [-0.39, 0.29) is 6.03 Å². The molecule has 0 aromatic rings. The molecule has 0 aromatic carbocycles. The van der Waals surface area contributed by atoms with Gasteiger partial charge in [-0.25, -0.2) is 4.79 Å². The van der Waals surface area contributed by atoms with Crippen molar-refractivity contribution in [3.8, 4) is 0 Å². The SMILES string of the molecule is CN1CCC(CN(C)C(=O)N(C)C)C1. The van der Waals surface area contributed by atoms with Crippen LogP contribution < -0.4 is 0 Å². The molecule has 1 atom stereocenters. The molecule has 4 nitrogen and oxygen atoms in total. The van der Waals surface area contributed by atoms with Gasteiger partial charge in [-0.3, -0.25) is 0 Å². The fourth-order valence-electron chi connectivity index (χ4n) is 1.98. The summed E-state index contributed by atoms with van der Waals surface area (Å²) in [6.07, 6.45) is 1.21. The third kappa shape index (κ3) is 2.87. The summed E-state index contributed by atoms with van der Waals surface area (Å²) in [7, 11) is 7.59. The lowest BCUT2D eigenvalue weighted by molar-refractivity contribution is 0.174. The summed E-state index contributed by atoms with van der Waals surface area (Å²) in [6, 6.07) is 0.0968. The largest absolute Gasteiger partial charge is 0.331 e. The molecule has 0 bridgehead atoms. The Kier molecular flexibility index (Phi) is 3.75. The van der Waals surface area contributed by atoms with Crippen molar-refractivity contribution in [3.63, 3.8) is 0 Å². The predicted molar refractivity (Wildman–Crippen MR) is 57.3 cm³/mol. The maximum atomic E-state index is 11.6. The lowest BCUT2D eigenvalue weighted by Crippen LogP contribution is -2.39. The molecule has 82 valence electrons. The van der Waals surface area contributed by atoms with E-state index in [1.165, 1.54) is 6.42 Å². The summed E-state index contributed by atoms with van der Waals surface area (Å²) in [5.41, 5.74) is 0. The highest BCUT2D eigenvalue weighted by Gasteiger charge is 2.22. The van der Waals surface area contributed by atoms with E-state index in [2.05, 4.69) is 11.9 Å². The van der Waals surface area contributed by atoms with Crippen LogP contribution in [0.15, 0.2) is 0 Å². The standard InChI is InChI=1S/C10H21N3O/c1-11(2)10(14)13(4)8-9-5-6-12(3)7-9/h9H,5-8H2,1-4H3.